The maximum absolute atomic E-state index is 13.2. The molecule has 0 fully saturated rings. The van der Waals surface area contributed by atoms with E-state index < -0.39 is 5.91 Å². The molecule has 0 unspecified atom stereocenters. The number of amides is 1. The Kier molecular flexibility index (Phi) is 4.74. The Labute approximate surface area is 149 Å². The summed E-state index contributed by atoms with van der Waals surface area (Å²) in [6.07, 6.45) is 0. The minimum absolute atomic E-state index is 0.231. The Bertz CT molecular complexity index is 925. The molecule has 0 aliphatic carbocycles. The smallest absolute Gasteiger partial charge is 0.250 e. The number of halogens is 1. The first-order valence-corrected chi connectivity index (χ1v) is 8.34. The van der Waals surface area contributed by atoms with Crippen LogP contribution in [0.3, 0.4) is 0 Å². The zero-order valence-corrected chi connectivity index (χ0v) is 14.0. The van der Waals surface area contributed by atoms with Crippen LogP contribution in [-0.4, -0.2) is 5.91 Å². The first kappa shape index (κ1) is 17.0. The van der Waals surface area contributed by atoms with Crippen LogP contribution in [0.4, 0.5) is 10.1 Å². The van der Waals surface area contributed by atoms with Gasteiger partial charge in [0.15, 0.2) is 0 Å². The van der Waals surface area contributed by atoms with Crippen molar-refractivity contribution >= 4 is 23.5 Å². The zero-order chi connectivity index (χ0) is 18.0. The van der Waals surface area contributed by atoms with Gasteiger partial charge in [-0.3, -0.25) is 9.93 Å². The third-order valence-corrected chi connectivity index (χ3v) is 4.47. The zero-order valence-electron chi connectivity index (χ0n) is 13.2. The number of hydrogen-bond acceptors (Lipinski definition) is 4. The molecule has 3 aromatic carbocycles. The van der Waals surface area contributed by atoms with Crippen molar-refractivity contribution in [3.05, 3.63) is 72.0 Å². The fourth-order valence-electron chi connectivity index (χ4n) is 2.62. The monoisotopic (exact) mass is 353 g/mol. The molecule has 1 amide bonds. The van der Waals surface area contributed by atoms with Gasteiger partial charge in [0.25, 0.3) is 5.91 Å². The minimum atomic E-state index is -0.614. The van der Waals surface area contributed by atoms with Crippen LogP contribution in [0.2, 0.25) is 0 Å². The summed E-state index contributed by atoms with van der Waals surface area (Å²) in [5.74, 6) is -0.943. The molecule has 3 rings (SSSR count). The van der Waals surface area contributed by atoms with Crippen molar-refractivity contribution in [2.45, 2.75) is 4.90 Å². The van der Waals surface area contributed by atoms with Gasteiger partial charge >= 0.3 is 0 Å². The Hall–Kier alpha value is -2.83. The number of nitrogens with two attached hydrogens (primary N) is 3. The second kappa shape index (κ2) is 6.96. The number of primary amides is 1. The van der Waals surface area contributed by atoms with Crippen LogP contribution < -0.4 is 16.6 Å². The molecule has 126 valence electrons. The van der Waals surface area contributed by atoms with Crippen LogP contribution in [0.5, 0.6) is 0 Å². The van der Waals surface area contributed by atoms with Crippen molar-refractivity contribution in [2.75, 3.05) is 5.73 Å². The summed E-state index contributed by atoms with van der Waals surface area (Å²) in [6.45, 7) is 0. The third-order valence-electron chi connectivity index (χ3n) is 3.92. The standard InChI is InChI=1S/C19H16FN3OS/c20-14-5-1-11(2-6-14)13-9-16(18(21)17(10-13)19(22)24)12-3-7-15(25-23)8-4-12/h1-10H,21,23H2,(H2,22,24). The maximum Gasteiger partial charge on any atom is 0.250 e. The summed E-state index contributed by atoms with van der Waals surface area (Å²) < 4.78 is 13.2. The summed E-state index contributed by atoms with van der Waals surface area (Å²) >= 11 is 1.15. The van der Waals surface area contributed by atoms with Crippen LogP contribution in [0.15, 0.2) is 65.6 Å². The summed E-state index contributed by atoms with van der Waals surface area (Å²) in [7, 11) is 0. The second-order valence-electron chi connectivity index (χ2n) is 5.50. The van der Waals surface area contributed by atoms with E-state index >= 15 is 0 Å². The molecule has 0 spiro atoms. The topological polar surface area (TPSA) is 95.1 Å². The highest BCUT2D eigenvalue weighted by Gasteiger charge is 2.15. The van der Waals surface area contributed by atoms with Gasteiger partial charge in [0, 0.05) is 10.5 Å². The minimum Gasteiger partial charge on any atom is -0.398 e. The van der Waals surface area contributed by atoms with Gasteiger partial charge in [-0.05, 0) is 65.0 Å². The second-order valence-corrected chi connectivity index (χ2v) is 6.21. The van der Waals surface area contributed by atoms with Crippen molar-refractivity contribution in [3.8, 4) is 22.3 Å². The molecule has 3 aromatic rings. The summed E-state index contributed by atoms with van der Waals surface area (Å²) in [4.78, 5) is 12.7. The maximum atomic E-state index is 13.2. The van der Waals surface area contributed by atoms with Crippen molar-refractivity contribution in [1.82, 2.24) is 0 Å². The van der Waals surface area contributed by atoms with E-state index in [0.29, 0.717) is 11.3 Å². The molecule has 0 saturated heterocycles. The lowest BCUT2D eigenvalue weighted by Crippen LogP contribution is -2.14. The SMILES string of the molecule is NSc1ccc(-c2cc(-c3ccc(F)cc3)cc(C(N)=O)c2N)cc1. The van der Waals surface area contributed by atoms with E-state index in [0.717, 1.165) is 33.5 Å². The fraction of sp³-hybridized carbons (Fsp3) is 0. The lowest BCUT2D eigenvalue weighted by molar-refractivity contribution is 0.100. The number of carbonyl (C=O) groups is 1. The molecule has 6 heteroatoms. The molecule has 0 aliphatic heterocycles. The fourth-order valence-corrected chi connectivity index (χ4v) is 2.91. The highest BCUT2D eigenvalue weighted by atomic mass is 32.2. The van der Waals surface area contributed by atoms with Gasteiger partial charge in [0.05, 0.1) is 11.3 Å². The van der Waals surface area contributed by atoms with E-state index in [4.69, 9.17) is 16.6 Å². The molecule has 0 aromatic heterocycles. The van der Waals surface area contributed by atoms with E-state index in [1.54, 1.807) is 18.2 Å². The van der Waals surface area contributed by atoms with Crippen LogP contribution in [-0.2, 0) is 0 Å². The normalized spacial score (nSPS) is 10.6. The van der Waals surface area contributed by atoms with Gasteiger partial charge in [0.1, 0.15) is 5.82 Å². The van der Waals surface area contributed by atoms with Gasteiger partial charge in [-0.1, -0.05) is 24.3 Å². The summed E-state index contributed by atoms with van der Waals surface area (Å²) in [5.41, 5.74) is 15.2. The number of benzene rings is 3. The van der Waals surface area contributed by atoms with Gasteiger partial charge in [-0.15, -0.1) is 0 Å². The van der Waals surface area contributed by atoms with Crippen LogP contribution in [0.25, 0.3) is 22.3 Å². The van der Waals surface area contributed by atoms with E-state index in [1.165, 1.54) is 12.1 Å². The molecule has 0 heterocycles. The predicted octanol–water partition coefficient (Wildman–Crippen LogP) is 3.81. The highest BCUT2D eigenvalue weighted by molar-refractivity contribution is 7.97. The predicted molar refractivity (Wildman–Crippen MR) is 100 cm³/mol. The lowest BCUT2D eigenvalue weighted by Gasteiger charge is -2.13. The van der Waals surface area contributed by atoms with Gasteiger partial charge < -0.3 is 11.5 Å². The van der Waals surface area contributed by atoms with Crippen molar-refractivity contribution in [3.63, 3.8) is 0 Å². The van der Waals surface area contributed by atoms with Gasteiger partial charge in [-0.2, -0.15) is 0 Å². The largest absolute Gasteiger partial charge is 0.398 e. The molecular formula is C19H16FN3OS. The Morgan fingerprint density at radius 3 is 2.04 bits per heavy atom. The third kappa shape index (κ3) is 3.50. The van der Waals surface area contributed by atoms with Crippen molar-refractivity contribution in [1.29, 1.82) is 0 Å². The highest BCUT2D eigenvalue weighted by Crippen LogP contribution is 2.34. The van der Waals surface area contributed by atoms with Crippen LogP contribution in [0.1, 0.15) is 10.4 Å². The van der Waals surface area contributed by atoms with E-state index in [-0.39, 0.29) is 11.4 Å². The summed E-state index contributed by atoms with van der Waals surface area (Å²) in [5, 5.41) is 5.54. The molecule has 0 radical (unpaired) electrons. The Morgan fingerprint density at radius 2 is 1.48 bits per heavy atom. The average Bonchev–Trinajstić information content (AvgIpc) is 2.62. The lowest BCUT2D eigenvalue weighted by atomic mass is 9.94. The number of hydrogen-bond donors (Lipinski definition) is 3. The first-order valence-electron chi connectivity index (χ1n) is 7.46. The number of rotatable bonds is 4. The molecule has 0 atom stereocenters. The van der Waals surface area contributed by atoms with Crippen molar-refractivity contribution < 1.29 is 9.18 Å². The first-order chi connectivity index (χ1) is 12.0. The summed E-state index contributed by atoms with van der Waals surface area (Å²) in [6, 6.07) is 17.0. The molecule has 25 heavy (non-hydrogen) atoms. The Balaban J connectivity index is 2.19. The van der Waals surface area contributed by atoms with Crippen LogP contribution >= 0.6 is 11.9 Å². The molecule has 0 bridgehead atoms. The van der Waals surface area contributed by atoms with E-state index in [2.05, 4.69) is 0 Å². The van der Waals surface area contributed by atoms with Crippen molar-refractivity contribution in [2.24, 2.45) is 10.9 Å². The van der Waals surface area contributed by atoms with E-state index in [9.17, 15) is 9.18 Å². The number of carbonyl (C=O) groups excluding carboxylic acids is 1. The molecule has 6 N–H and O–H groups in total. The quantitative estimate of drug-likeness (QED) is 0.491. The molecule has 0 aliphatic rings. The number of nitrogen functional groups attached to an aromatic ring is 1. The van der Waals surface area contributed by atoms with Gasteiger partial charge in [-0.25, -0.2) is 4.39 Å². The van der Waals surface area contributed by atoms with Gasteiger partial charge in [0.2, 0.25) is 0 Å². The Morgan fingerprint density at radius 1 is 0.880 bits per heavy atom. The average molecular weight is 353 g/mol. The molecular weight excluding hydrogens is 337 g/mol. The van der Waals surface area contributed by atoms with E-state index in [1.807, 2.05) is 30.3 Å². The molecule has 0 saturated carbocycles. The van der Waals surface area contributed by atoms with Crippen LogP contribution in [0, 0.1) is 5.82 Å². The molecule has 4 nitrogen and oxygen atoms in total. The number of anilines is 1.